The SMILES string of the molecule is C=C(C(=O)N1CCN(c2nc(OCC3CCCN3C)nc3c(F)c(-c4ccc(F)c5sc(N)c(C#N)c45)c(Cl)cc23)CC1)C(C)OC(=O)Nc1cc2cc3c(nc2cc1F)-c1cc2c(c(=O)n1C3)COC(=O)C2O.CC. The standard InChI is InChI=1S/C51H42ClF3N10O8S.C2H6/c1-22(23(2)73-51(70)59-36-14-24-13-25-19-65-37(41(25)58-35(24)17-34(36)54)16-28-31(48(65)68)21-71-49(69)43(28)66)47(67)64-11-9-63(10-12-64)46-29-15-32(52)39(27-6-7-33(53)44-38(27)30(18-56)45(57)74-44)40(55)42(29)60-50(61-46)72-20-26-5-4-8-62(26)3;1-2/h6-7,13-17,23,26,43,66H,1,4-5,8-12,19-21,57H2,2-3H3,(H,59,70);1-2H3. The third kappa shape index (κ3) is 8.95. The van der Waals surface area contributed by atoms with E-state index in [2.05, 4.69) is 26.8 Å². The highest BCUT2D eigenvalue weighted by molar-refractivity contribution is 7.23. The number of aromatic nitrogens is 4. The Morgan fingerprint density at radius 2 is 1.83 bits per heavy atom. The minimum absolute atomic E-state index is 0.00388. The van der Waals surface area contributed by atoms with E-state index >= 15 is 13.2 Å². The second kappa shape index (κ2) is 20.4. The molecule has 76 heavy (non-hydrogen) atoms. The van der Waals surface area contributed by atoms with Crippen molar-refractivity contribution in [3.63, 3.8) is 0 Å². The third-order valence-corrected chi connectivity index (χ3v) is 15.5. The number of fused-ring (bicyclic) bond motifs is 7. The number of ether oxygens (including phenoxy) is 3. The number of nitrogens with zero attached hydrogens (tertiary/aromatic N) is 8. The molecule has 3 aromatic carbocycles. The van der Waals surface area contributed by atoms with Gasteiger partial charge in [-0.1, -0.05) is 38.1 Å². The number of piperazine rings is 1. The predicted molar refractivity (Wildman–Crippen MR) is 280 cm³/mol. The zero-order chi connectivity index (χ0) is 54.0. The van der Waals surface area contributed by atoms with Gasteiger partial charge in [0.1, 0.15) is 53.4 Å². The lowest BCUT2D eigenvalue weighted by Crippen LogP contribution is -2.50. The molecule has 0 saturated carbocycles. The van der Waals surface area contributed by atoms with Gasteiger partial charge in [-0.05, 0) is 69.3 Å². The van der Waals surface area contributed by atoms with Gasteiger partial charge in [-0.15, -0.1) is 11.3 Å². The van der Waals surface area contributed by atoms with E-state index in [1.54, 1.807) is 6.07 Å². The van der Waals surface area contributed by atoms with Crippen molar-refractivity contribution in [1.82, 2.24) is 29.3 Å². The second-order valence-electron chi connectivity index (χ2n) is 18.5. The van der Waals surface area contributed by atoms with Crippen molar-refractivity contribution in [1.29, 1.82) is 5.26 Å². The number of rotatable bonds is 9. The van der Waals surface area contributed by atoms with Crippen LogP contribution in [0.5, 0.6) is 6.01 Å². The molecule has 18 nitrogen and oxygen atoms in total. The van der Waals surface area contributed by atoms with Crippen LogP contribution < -0.4 is 26.2 Å². The number of pyridine rings is 2. The smallest absolute Gasteiger partial charge is 0.412 e. The molecule has 4 N–H and O–H groups in total. The second-order valence-corrected chi connectivity index (χ2v) is 19.9. The number of hydrogen-bond acceptors (Lipinski definition) is 16. The van der Waals surface area contributed by atoms with Crippen LogP contribution in [0.2, 0.25) is 5.02 Å². The van der Waals surface area contributed by atoms with Crippen LogP contribution in [-0.4, -0.2) is 111 Å². The van der Waals surface area contributed by atoms with Gasteiger partial charge in [-0.3, -0.25) is 14.9 Å². The maximum Gasteiger partial charge on any atom is 0.412 e. The largest absolute Gasteiger partial charge is 0.462 e. The maximum absolute atomic E-state index is 17.2. The van der Waals surface area contributed by atoms with E-state index < -0.39 is 53.2 Å². The molecule has 3 unspecified atom stereocenters. The molecule has 2 saturated heterocycles. The van der Waals surface area contributed by atoms with Crippen molar-refractivity contribution in [2.45, 2.75) is 65.0 Å². The van der Waals surface area contributed by atoms with E-state index in [0.717, 1.165) is 42.9 Å². The number of hydrogen-bond donors (Lipinski definition) is 3. The van der Waals surface area contributed by atoms with Crippen molar-refractivity contribution < 1.29 is 46.9 Å². The Morgan fingerprint density at radius 3 is 2.55 bits per heavy atom. The number of thiophene rings is 1. The van der Waals surface area contributed by atoms with Gasteiger partial charge in [-0.2, -0.15) is 15.2 Å². The Labute approximate surface area is 440 Å². The zero-order valence-corrected chi connectivity index (χ0v) is 43.0. The Balaban J connectivity index is 0.00000325. The minimum Gasteiger partial charge on any atom is -0.462 e. The Morgan fingerprint density at radius 1 is 1.07 bits per heavy atom. The maximum atomic E-state index is 17.2. The summed E-state index contributed by atoms with van der Waals surface area (Å²) in [7, 11) is 1.99. The molecule has 8 heterocycles. The number of aliphatic hydroxyl groups excluding tert-OH is 1. The monoisotopic (exact) mass is 1080 g/mol. The van der Waals surface area contributed by atoms with E-state index in [1.807, 2.05) is 31.9 Å². The fraction of sp³-hybridized carbons (Fsp3) is 0.321. The highest BCUT2D eigenvalue weighted by atomic mass is 35.5. The molecule has 4 aliphatic rings. The number of carbonyl (C=O) groups is 3. The summed E-state index contributed by atoms with van der Waals surface area (Å²) in [5.74, 6) is -3.43. The third-order valence-electron chi connectivity index (χ3n) is 14.1. The highest BCUT2D eigenvalue weighted by Crippen LogP contribution is 2.46. The normalized spacial score (nSPS) is 17.3. The number of esters is 1. The number of nitrogens with one attached hydrogen (secondary N) is 1. The molecule has 2 amide bonds. The Kier molecular flexibility index (Phi) is 13.8. The van der Waals surface area contributed by atoms with E-state index in [4.69, 9.17) is 36.5 Å². The molecule has 3 atom stereocenters. The van der Waals surface area contributed by atoms with Gasteiger partial charge in [0.05, 0.1) is 55.6 Å². The fourth-order valence-electron chi connectivity index (χ4n) is 10.1. The molecule has 0 bridgehead atoms. The molecular formula is C53H48ClF3N10O8S. The topological polar surface area (TPSA) is 231 Å². The number of halogens is 4. The lowest BCUT2D eigenvalue weighted by Gasteiger charge is -2.36. The predicted octanol–water partition coefficient (Wildman–Crippen LogP) is 8.21. The highest BCUT2D eigenvalue weighted by Gasteiger charge is 2.35. The molecule has 0 radical (unpaired) electrons. The number of nitriles is 1. The summed E-state index contributed by atoms with van der Waals surface area (Å²) >= 11 is 7.77. The Bertz CT molecular complexity index is 3730. The number of likely N-dealkylation sites (tertiary alicyclic amines) is 1. The first-order valence-electron chi connectivity index (χ1n) is 24.4. The van der Waals surface area contributed by atoms with Crippen LogP contribution in [-0.2, 0) is 32.2 Å². The molecule has 2 fully saturated rings. The molecule has 0 spiro atoms. The number of aliphatic hydroxyl groups is 1. The summed E-state index contributed by atoms with van der Waals surface area (Å²) in [6.45, 7) is 11.0. The number of cyclic esters (lactones) is 1. The summed E-state index contributed by atoms with van der Waals surface area (Å²) in [6.07, 6.45) is -1.99. The number of nitrogen functional groups attached to an aromatic ring is 1. The van der Waals surface area contributed by atoms with Gasteiger partial charge >= 0.3 is 18.1 Å². The van der Waals surface area contributed by atoms with Gasteiger partial charge in [0.15, 0.2) is 11.9 Å². The Hall–Kier alpha value is -7.84. The van der Waals surface area contributed by atoms with Crippen LogP contribution in [0.1, 0.15) is 62.0 Å². The summed E-state index contributed by atoms with van der Waals surface area (Å²) in [5, 5.41) is 23.6. The average molecular weight is 1080 g/mol. The zero-order valence-electron chi connectivity index (χ0n) is 41.4. The number of nitrogens with two attached hydrogens (primary N) is 1. The van der Waals surface area contributed by atoms with Crippen molar-refractivity contribution in [2.75, 3.05) is 62.3 Å². The van der Waals surface area contributed by atoms with E-state index in [1.165, 1.54) is 40.7 Å². The first-order chi connectivity index (χ1) is 36.5. The average Bonchev–Trinajstić information content (AvgIpc) is 4.18. The van der Waals surface area contributed by atoms with E-state index in [0.29, 0.717) is 22.3 Å². The van der Waals surface area contributed by atoms with Crippen molar-refractivity contribution in [2.24, 2.45) is 0 Å². The quantitative estimate of drug-likeness (QED) is 0.0913. The van der Waals surface area contributed by atoms with Crippen LogP contribution in [0.4, 0.5) is 34.5 Å². The molecule has 4 aliphatic heterocycles. The first kappa shape index (κ1) is 51.6. The van der Waals surface area contributed by atoms with Crippen LogP contribution in [0.25, 0.3) is 54.4 Å². The van der Waals surface area contributed by atoms with Gasteiger partial charge in [0.25, 0.3) is 11.5 Å². The fourth-order valence-corrected chi connectivity index (χ4v) is 11.3. The molecule has 11 rings (SSSR count). The molecule has 4 aromatic heterocycles. The number of anilines is 3. The van der Waals surface area contributed by atoms with Gasteiger partial charge < -0.3 is 44.3 Å². The summed E-state index contributed by atoms with van der Waals surface area (Å²) in [4.78, 5) is 71.8. The molecule has 7 aromatic rings. The van der Waals surface area contributed by atoms with Gasteiger partial charge in [0, 0.05) is 71.1 Å². The van der Waals surface area contributed by atoms with Crippen molar-refractivity contribution in [3.05, 3.63) is 110 Å². The van der Waals surface area contributed by atoms with Crippen molar-refractivity contribution >= 4 is 89.3 Å². The molecule has 23 heteroatoms. The summed E-state index contributed by atoms with van der Waals surface area (Å²) < 4.78 is 65.9. The van der Waals surface area contributed by atoms with Crippen LogP contribution in [0.3, 0.4) is 0 Å². The first-order valence-corrected chi connectivity index (χ1v) is 25.6. The van der Waals surface area contributed by atoms with Gasteiger partial charge in [-0.25, -0.2) is 27.7 Å². The lowest BCUT2D eigenvalue weighted by molar-refractivity contribution is -0.157. The summed E-state index contributed by atoms with van der Waals surface area (Å²) in [6, 6.07) is 11.7. The van der Waals surface area contributed by atoms with Gasteiger partial charge in [0.2, 0.25) is 0 Å². The molecule has 392 valence electrons. The lowest BCUT2D eigenvalue weighted by atomic mass is 9.97. The van der Waals surface area contributed by atoms with E-state index in [-0.39, 0.29) is 139 Å². The minimum atomic E-state index is -1.63. The van der Waals surface area contributed by atoms with Crippen LogP contribution in [0.15, 0.2) is 59.4 Å². The summed E-state index contributed by atoms with van der Waals surface area (Å²) in [5.41, 5.74) is 7.06. The number of carbonyl (C=O) groups excluding carboxylic acids is 3. The molecular weight excluding hydrogens is 1030 g/mol. The van der Waals surface area contributed by atoms with Crippen LogP contribution >= 0.6 is 22.9 Å². The van der Waals surface area contributed by atoms with Crippen LogP contribution in [0, 0.1) is 28.8 Å². The van der Waals surface area contributed by atoms with Crippen molar-refractivity contribution in [3.8, 4) is 34.6 Å². The van der Waals surface area contributed by atoms with E-state index in [9.17, 15) is 29.5 Å². The number of amides is 2. The number of likely N-dealkylation sites (N-methyl/N-ethyl adjacent to an activating group) is 1. The number of benzene rings is 3. The molecule has 0 aliphatic carbocycles.